The van der Waals surface area contributed by atoms with Crippen molar-refractivity contribution in [1.82, 2.24) is 0 Å². The van der Waals surface area contributed by atoms with E-state index >= 15 is 0 Å². The van der Waals surface area contributed by atoms with E-state index < -0.39 is 4.92 Å². The van der Waals surface area contributed by atoms with Crippen molar-refractivity contribution >= 4 is 5.69 Å². The van der Waals surface area contributed by atoms with Gasteiger partial charge in [-0.25, -0.2) is 0 Å². The van der Waals surface area contributed by atoms with Crippen LogP contribution in [0, 0.1) is 21.4 Å². The SMILES string of the molecule is COc1c(CN)cc(C#N)cc1[N+](=O)[O-]. The number of nitro groups is 1. The van der Waals surface area contributed by atoms with E-state index in [-0.39, 0.29) is 23.5 Å². The summed E-state index contributed by atoms with van der Waals surface area (Å²) in [7, 11) is 1.33. The largest absolute Gasteiger partial charge is 0.490 e. The van der Waals surface area contributed by atoms with Gasteiger partial charge in [0.25, 0.3) is 0 Å². The van der Waals surface area contributed by atoms with Gasteiger partial charge in [0, 0.05) is 18.2 Å². The van der Waals surface area contributed by atoms with E-state index in [0.29, 0.717) is 5.56 Å². The number of methoxy groups -OCH3 is 1. The molecule has 0 saturated heterocycles. The van der Waals surface area contributed by atoms with E-state index in [1.807, 2.05) is 6.07 Å². The molecule has 0 aliphatic heterocycles. The molecule has 6 nitrogen and oxygen atoms in total. The molecule has 1 aromatic rings. The van der Waals surface area contributed by atoms with Gasteiger partial charge in [-0.3, -0.25) is 10.1 Å². The van der Waals surface area contributed by atoms with Gasteiger partial charge >= 0.3 is 5.69 Å². The van der Waals surface area contributed by atoms with Crippen molar-refractivity contribution in [2.75, 3.05) is 7.11 Å². The fourth-order valence-corrected chi connectivity index (χ4v) is 1.26. The second-order valence-corrected chi connectivity index (χ2v) is 2.76. The monoisotopic (exact) mass is 207 g/mol. The summed E-state index contributed by atoms with van der Waals surface area (Å²) in [5, 5.41) is 19.4. The molecule has 0 aromatic heterocycles. The number of nitrogens with zero attached hydrogens (tertiary/aromatic N) is 2. The van der Waals surface area contributed by atoms with E-state index in [1.165, 1.54) is 13.2 Å². The van der Waals surface area contributed by atoms with Crippen molar-refractivity contribution in [2.45, 2.75) is 6.54 Å². The van der Waals surface area contributed by atoms with Crippen molar-refractivity contribution in [1.29, 1.82) is 5.26 Å². The zero-order valence-electron chi connectivity index (χ0n) is 8.06. The molecule has 0 spiro atoms. The van der Waals surface area contributed by atoms with E-state index in [9.17, 15) is 10.1 Å². The van der Waals surface area contributed by atoms with Gasteiger partial charge in [0.2, 0.25) is 5.75 Å². The summed E-state index contributed by atoms with van der Waals surface area (Å²) < 4.78 is 4.90. The van der Waals surface area contributed by atoms with Gasteiger partial charge in [-0.15, -0.1) is 0 Å². The highest BCUT2D eigenvalue weighted by atomic mass is 16.6. The van der Waals surface area contributed by atoms with Crippen LogP contribution >= 0.6 is 0 Å². The highest BCUT2D eigenvalue weighted by molar-refractivity contribution is 5.56. The molecule has 0 aliphatic rings. The number of rotatable bonds is 3. The highest BCUT2D eigenvalue weighted by Crippen LogP contribution is 2.31. The Morgan fingerprint density at radius 3 is 2.73 bits per heavy atom. The zero-order valence-corrected chi connectivity index (χ0v) is 8.06. The Balaban J connectivity index is 3.47. The first-order valence-corrected chi connectivity index (χ1v) is 4.09. The Labute approximate surface area is 86.0 Å². The minimum Gasteiger partial charge on any atom is -0.490 e. The van der Waals surface area contributed by atoms with Gasteiger partial charge in [-0.05, 0) is 6.07 Å². The number of nitriles is 1. The van der Waals surface area contributed by atoms with Crippen LogP contribution in [0.2, 0.25) is 0 Å². The quantitative estimate of drug-likeness (QED) is 0.586. The van der Waals surface area contributed by atoms with Crippen LogP contribution in [0.15, 0.2) is 12.1 Å². The third kappa shape index (κ3) is 2.03. The van der Waals surface area contributed by atoms with Crippen LogP contribution in [0.4, 0.5) is 5.69 Å². The molecule has 0 atom stereocenters. The summed E-state index contributed by atoms with van der Waals surface area (Å²) in [5.41, 5.74) is 5.81. The third-order valence-electron chi connectivity index (χ3n) is 1.90. The molecule has 0 radical (unpaired) electrons. The lowest BCUT2D eigenvalue weighted by Crippen LogP contribution is -2.03. The van der Waals surface area contributed by atoms with Crippen LogP contribution in [0.5, 0.6) is 5.75 Å². The number of hydrogen-bond acceptors (Lipinski definition) is 5. The Hall–Kier alpha value is -2.13. The molecule has 6 heteroatoms. The summed E-state index contributed by atoms with van der Waals surface area (Å²) in [6.07, 6.45) is 0. The van der Waals surface area contributed by atoms with Crippen molar-refractivity contribution < 1.29 is 9.66 Å². The maximum absolute atomic E-state index is 10.7. The highest BCUT2D eigenvalue weighted by Gasteiger charge is 2.19. The number of ether oxygens (including phenoxy) is 1. The molecule has 1 rings (SSSR count). The predicted octanol–water partition coefficient (Wildman–Crippen LogP) is 0.934. The van der Waals surface area contributed by atoms with Crippen molar-refractivity contribution in [3.8, 4) is 11.8 Å². The smallest absolute Gasteiger partial charge is 0.312 e. The summed E-state index contributed by atoms with van der Waals surface area (Å²) >= 11 is 0. The lowest BCUT2D eigenvalue weighted by Gasteiger charge is -2.07. The minimum atomic E-state index is -0.598. The molecule has 15 heavy (non-hydrogen) atoms. The average molecular weight is 207 g/mol. The molecule has 0 saturated carbocycles. The number of nitro benzene ring substituents is 1. The summed E-state index contributed by atoms with van der Waals surface area (Å²) in [4.78, 5) is 10.1. The molecule has 1 aromatic carbocycles. The summed E-state index contributed by atoms with van der Waals surface area (Å²) in [6, 6.07) is 4.48. The summed E-state index contributed by atoms with van der Waals surface area (Å²) in [6.45, 7) is 0.0829. The molecule has 78 valence electrons. The first-order valence-electron chi connectivity index (χ1n) is 4.09. The Morgan fingerprint density at radius 2 is 2.33 bits per heavy atom. The molecule has 0 amide bonds. The van der Waals surface area contributed by atoms with Crippen molar-refractivity contribution in [3.05, 3.63) is 33.4 Å². The van der Waals surface area contributed by atoms with Crippen LogP contribution in [-0.2, 0) is 6.54 Å². The van der Waals surface area contributed by atoms with Gasteiger partial charge in [-0.1, -0.05) is 0 Å². The van der Waals surface area contributed by atoms with Crippen LogP contribution in [0.1, 0.15) is 11.1 Å². The Bertz CT molecular complexity index is 437. The van der Waals surface area contributed by atoms with Gasteiger partial charge in [0.15, 0.2) is 0 Å². The maximum atomic E-state index is 10.7. The van der Waals surface area contributed by atoms with E-state index in [2.05, 4.69) is 0 Å². The molecule has 2 N–H and O–H groups in total. The van der Waals surface area contributed by atoms with Gasteiger partial charge in [0.05, 0.1) is 23.7 Å². The molecule has 0 heterocycles. The molecule has 0 fully saturated rings. The number of benzene rings is 1. The number of hydrogen-bond donors (Lipinski definition) is 1. The normalized spacial score (nSPS) is 9.40. The fourth-order valence-electron chi connectivity index (χ4n) is 1.26. The number of nitrogens with two attached hydrogens (primary N) is 1. The van der Waals surface area contributed by atoms with Gasteiger partial charge in [0.1, 0.15) is 0 Å². The van der Waals surface area contributed by atoms with Crippen LogP contribution in [0.3, 0.4) is 0 Å². The predicted molar refractivity (Wildman–Crippen MR) is 52.3 cm³/mol. The topological polar surface area (TPSA) is 102 Å². The molecule has 0 unspecified atom stereocenters. The van der Waals surface area contributed by atoms with E-state index in [1.54, 1.807) is 0 Å². The molecule has 0 bridgehead atoms. The average Bonchev–Trinajstić information content (AvgIpc) is 2.26. The Morgan fingerprint density at radius 1 is 1.67 bits per heavy atom. The van der Waals surface area contributed by atoms with E-state index in [4.69, 9.17) is 15.7 Å². The lowest BCUT2D eigenvalue weighted by molar-refractivity contribution is -0.385. The van der Waals surface area contributed by atoms with Crippen molar-refractivity contribution in [2.24, 2.45) is 5.73 Å². The van der Waals surface area contributed by atoms with E-state index in [0.717, 1.165) is 6.07 Å². The van der Waals surface area contributed by atoms with Gasteiger partial charge < -0.3 is 10.5 Å². The first-order chi connectivity index (χ1) is 7.13. The van der Waals surface area contributed by atoms with Crippen LogP contribution < -0.4 is 10.5 Å². The van der Waals surface area contributed by atoms with Crippen LogP contribution in [-0.4, -0.2) is 12.0 Å². The molecular weight excluding hydrogens is 198 g/mol. The zero-order chi connectivity index (χ0) is 11.4. The van der Waals surface area contributed by atoms with Gasteiger partial charge in [-0.2, -0.15) is 5.26 Å². The van der Waals surface area contributed by atoms with Crippen molar-refractivity contribution in [3.63, 3.8) is 0 Å². The minimum absolute atomic E-state index is 0.0829. The maximum Gasteiger partial charge on any atom is 0.312 e. The molecule has 0 aliphatic carbocycles. The lowest BCUT2D eigenvalue weighted by atomic mass is 10.1. The Kier molecular flexibility index (Phi) is 3.21. The fraction of sp³-hybridized carbons (Fsp3) is 0.222. The standard InChI is InChI=1S/C9H9N3O3/c1-15-9-7(5-11)2-6(4-10)3-8(9)12(13)14/h2-3H,5,11H2,1H3. The second kappa shape index (κ2) is 4.39. The van der Waals surface area contributed by atoms with Crippen LogP contribution in [0.25, 0.3) is 0 Å². The first kappa shape index (κ1) is 10.9. The second-order valence-electron chi connectivity index (χ2n) is 2.76. The third-order valence-corrected chi connectivity index (χ3v) is 1.90. The molecular formula is C9H9N3O3. The summed E-state index contributed by atoms with van der Waals surface area (Å²) in [5.74, 6) is 0.113.